The molecule has 8 nitrogen and oxygen atoms in total. The zero-order valence-corrected chi connectivity index (χ0v) is 21.2. The van der Waals surface area contributed by atoms with Gasteiger partial charge in [-0.2, -0.15) is 0 Å². The van der Waals surface area contributed by atoms with E-state index in [1.165, 1.54) is 57.7 Å². The first-order chi connectivity index (χ1) is 17.7. The molecule has 0 saturated carbocycles. The van der Waals surface area contributed by atoms with E-state index in [1.807, 2.05) is 0 Å². The number of halogens is 2. The maximum atomic E-state index is 14.2. The molecule has 2 aromatic carbocycles. The van der Waals surface area contributed by atoms with Crippen LogP contribution < -0.4 is 19.5 Å². The third-order valence-corrected chi connectivity index (χ3v) is 7.44. The number of hydrogen-bond donors (Lipinski definition) is 1. The highest BCUT2D eigenvalue weighted by atomic mass is 35.5. The van der Waals surface area contributed by atoms with Gasteiger partial charge in [-0.25, -0.2) is 9.18 Å². The highest BCUT2D eigenvalue weighted by Gasteiger charge is 2.62. The van der Waals surface area contributed by atoms with Gasteiger partial charge in [-0.3, -0.25) is 9.59 Å². The standard InChI is InChI=1S/C27H23ClFNO7/c1-12-9-17(31)20-15(13-5-7-14(29)8-6-13)10-16(26(33)36-4)30-24(20)27(12)25(32)21-18(34-2)11-19(35-3)22(28)23(21)37-27/h5-8,10-12,15,30H,9H2,1-4H3/t12-,15?,27+/m1/s1. The fourth-order valence-corrected chi connectivity index (χ4v) is 5.55. The predicted octanol–water partition coefficient (Wildman–Crippen LogP) is 4.12. The average Bonchev–Trinajstić information content (AvgIpc) is 3.21. The lowest BCUT2D eigenvalue weighted by atomic mass is 9.67. The first kappa shape index (κ1) is 24.8. The predicted molar refractivity (Wildman–Crippen MR) is 130 cm³/mol. The first-order valence-corrected chi connectivity index (χ1v) is 11.8. The Morgan fingerprint density at radius 2 is 1.81 bits per heavy atom. The number of benzene rings is 2. The van der Waals surface area contributed by atoms with Gasteiger partial charge < -0.3 is 24.3 Å². The molecule has 1 spiro atoms. The Morgan fingerprint density at radius 3 is 2.43 bits per heavy atom. The fraction of sp³-hybridized carbons (Fsp3) is 0.296. The van der Waals surface area contributed by atoms with E-state index in [0.29, 0.717) is 5.56 Å². The molecule has 10 heteroatoms. The van der Waals surface area contributed by atoms with Gasteiger partial charge in [-0.05, 0) is 23.8 Å². The Bertz CT molecular complexity index is 1410. The van der Waals surface area contributed by atoms with Gasteiger partial charge in [0.25, 0.3) is 0 Å². The van der Waals surface area contributed by atoms with E-state index in [4.69, 9.17) is 30.5 Å². The summed E-state index contributed by atoms with van der Waals surface area (Å²) in [7, 11) is 4.04. The van der Waals surface area contributed by atoms with Crippen molar-refractivity contribution in [2.45, 2.75) is 24.9 Å². The number of dihydropyridines is 1. The van der Waals surface area contributed by atoms with Crippen molar-refractivity contribution >= 4 is 29.1 Å². The van der Waals surface area contributed by atoms with Gasteiger partial charge >= 0.3 is 5.97 Å². The molecule has 0 bridgehead atoms. The van der Waals surface area contributed by atoms with Crippen molar-refractivity contribution in [3.05, 3.63) is 75.3 Å². The molecule has 1 unspecified atom stereocenters. The lowest BCUT2D eigenvalue weighted by molar-refractivity contribution is -0.136. The molecule has 3 atom stereocenters. The molecular weight excluding hydrogens is 505 g/mol. The van der Waals surface area contributed by atoms with E-state index in [2.05, 4.69) is 5.32 Å². The molecule has 0 amide bonds. The van der Waals surface area contributed by atoms with E-state index in [-0.39, 0.29) is 57.0 Å². The summed E-state index contributed by atoms with van der Waals surface area (Å²) in [5.41, 5.74) is -0.696. The number of Topliss-reactive ketones (excluding diaryl/α,β-unsaturated/α-hetero) is 2. The van der Waals surface area contributed by atoms with Crippen LogP contribution in [-0.4, -0.2) is 44.5 Å². The molecule has 2 heterocycles. The molecule has 1 aliphatic carbocycles. The minimum absolute atomic E-state index is 0.0137. The number of methoxy groups -OCH3 is 3. The molecule has 0 aromatic heterocycles. The van der Waals surface area contributed by atoms with Crippen LogP contribution >= 0.6 is 11.6 Å². The quantitative estimate of drug-likeness (QED) is 0.593. The molecule has 3 aliphatic rings. The van der Waals surface area contributed by atoms with Crippen molar-refractivity contribution in [1.29, 1.82) is 0 Å². The number of ether oxygens (including phenoxy) is 4. The van der Waals surface area contributed by atoms with Crippen molar-refractivity contribution < 1.29 is 37.7 Å². The Hall–Kier alpha value is -3.85. The summed E-state index contributed by atoms with van der Waals surface area (Å²) in [6.45, 7) is 1.72. The van der Waals surface area contributed by atoms with Crippen LogP contribution in [0.2, 0.25) is 5.02 Å². The zero-order chi connectivity index (χ0) is 26.6. The first-order valence-electron chi connectivity index (χ1n) is 11.5. The van der Waals surface area contributed by atoms with Gasteiger partial charge in [0.2, 0.25) is 11.4 Å². The Morgan fingerprint density at radius 1 is 1.14 bits per heavy atom. The summed E-state index contributed by atoms with van der Waals surface area (Å²) in [5, 5.41) is 3.05. The molecule has 1 N–H and O–H groups in total. The fourth-order valence-electron chi connectivity index (χ4n) is 5.29. The van der Waals surface area contributed by atoms with E-state index in [1.54, 1.807) is 6.92 Å². The smallest absolute Gasteiger partial charge is 0.354 e. The van der Waals surface area contributed by atoms with Crippen LogP contribution in [0.3, 0.4) is 0 Å². The van der Waals surface area contributed by atoms with Crippen LogP contribution in [0.4, 0.5) is 4.39 Å². The van der Waals surface area contributed by atoms with Gasteiger partial charge in [0.05, 0.1) is 27.0 Å². The molecule has 0 saturated heterocycles. The van der Waals surface area contributed by atoms with E-state index in [9.17, 15) is 18.8 Å². The Balaban J connectivity index is 1.77. The second-order valence-corrected chi connectivity index (χ2v) is 9.39. The summed E-state index contributed by atoms with van der Waals surface area (Å²) >= 11 is 6.56. The third-order valence-electron chi connectivity index (χ3n) is 7.08. The van der Waals surface area contributed by atoms with Crippen LogP contribution in [0.15, 0.2) is 53.4 Å². The normalized spacial score (nSPS) is 24.1. The van der Waals surface area contributed by atoms with Gasteiger partial charge in [0.1, 0.15) is 33.6 Å². The molecule has 2 aliphatic heterocycles. The maximum Gasteiger partial charge on any atom is 0.354 e. The molecule has 5 rings (SSSR count). The van der Waals surface area contributed by atoms with Crippen LogP contribution in [0.5, 0.6) is 17.2 Å². The van der Waals surface area contributed by atoms with Crippen LogP contribution in [0.1, 0.15) is 35.2 Å². The summed E-state index contributed by atoms with van der Waals surface area (Å²) in [5.74, 6) is -2.80. The number of carbonyl (C=O) groups is 3. The monoisotopic (exact) mass is 527 g/mol. The van der Waals surface area contributed by atoms with Crippen molar-refractivity contribution in [1.82, 2.24) is 5.32 Å². The van der Waals surface area contributed by atoms with E-state index >= 15 is 0 Å². The second-order valence-electron chi connectivity index (χ2n) is 9.01. The van der Waals surface area contributed by atoms with Crippen LogP contribution in [-0.2, 0) is 14.3 Å². The summed E-state index contributed by atoms with van der Waals surface area (Å²) in [6, 6.07) is 7.06. The number of fused-ring (bicyclic) bond motifs is 2. The number of nitrogens with one attached hydrogen (secondary N) is 1. The van der Waals surface area contributed by atoms with E-state index in [0.717, 1.165) is 0 Å². The number of carbonyl (C=O) groups excluding carboxylic acids is 3. The number of hydrogen-bond acceptors (Lipinski definition) is 8. The summed E-state index contributed by atoms with van der Waals surface area (Å²) in [4.78, 5) is 40.4. The van der Waals surface area contributed by atoms with Crippen molar-refractivity contribution in [3.8, 4) is 17.2 Å². The summed E-state index contributed by atoms with van der Waals surface area (Å²) in [6.07, 6.45) is 1.51. The number of allylic oxidation sites excluding steroid dienone is 2. The lowest BCUT2D eigenvalue weighted by Gasteiger charge is -2.43. The topological polar surface area (TPSA) is 100 Å². The SMILES string of the molecule is COC(=O)C1=CC(c2ccc(F)cc2)C2=C(N1)[C@@]1(Oc3c(Cl)c(OC)cc(OC)c3C1=O)[C@H](C)CC2=O. The highest BCUT2D eigenvalue weighted by molar-refractivity contribution is 6.35. The van der Waals surface area contributed by atoms with Gasteiger partial charge in [0, 0.05) is 29.9 Å². The van der Waals surface area contributed by atoms with Gasteiger partial charge in [-0.1, -0.05) is 30.7 Å². The lowest BCUT2D eigenvalue weighted by Crippen LogP contribution is -2.57. The molecule has 0 fully saturated rings. The Kier molecular flexibility index (Phi) is 5.98. The largest absolute Gasteiger partial charge is 0.496 e. The van der Waals surface area contributed by atoms with Crippen LogP contribution in [0, 0.1) is 11.7 Å². The Labute approximate surface area is 217 Å². The van der Waals surface area contributed by atoms with Crippen LogP contribution in [0.25, 0.3) is 0 Å². The minimum atomic E-state index is -1.72. The molecule has 2 aromatic rings. The van der Waals surface area contributed by atoms with Gasteiger partial charge in [-0.15, -0.1) is 0 Å². The zero-order valence-electron chi connectivity index (χ0n) is 20.4. The second kappa shape index (κ2) is 8.92. The van der Waals surface area contributed by atoms with E-state index < -0.39 is 35.0 Å². The number of esters is 1. The third kappa shape index (κ3) is 3.52. The van der Waals surface area contributed by atoms with Crippen molar-refractivity contribution in [3.63, 3.8) is 0 Å². The molecule has 37 heavy (non-hydrogen) atoms. The summed E-state index contributed by atoms with van der Waals surface area (Å²) < 4.78 is 35.8. The molecular formula is C27H23ClFNO7. The highest BCUT2D eigenvalue weighted by Crippen LogP contribution is 2.56. The van der Waals surface area contributed by atoms with Gasteiger partial charge in [0.15, 0.2) is 11.5 Å². The average molecular weight is 528 g/mol. The maximum absolute atomic E-state index is 14.2. The number of ketones is 2. The molecule has 192 valence electrons. The van der Waals surface area contributed by atoms with Crippen molar-refractivity contribution in [2.24, 2.45) is 5.92 Å². The minimum Gasteiger partial charge on any atom is -0.496 e. The molecule has 0 radical (unpaired) electrons. The van der Waals surface area contributed by atoms with Crippen molar-refractivity contribution in [2.75, 3.05) is 21.3 Å². The number of rotatable bonds is 4.